The van der Waals surface area contributed by atoms with Gasteiger partial charge in [0, 0.05) is 19.6 Å². The van der Waals surface area contributed by atoms with Crippen LogP contribution in [0.25, 0.3) is 0 Å². The normalized spacial score (nSPS) is 31.2. The van der Waals surface area contributed by atoms with Crippen LogP contribution in [0, 0.1) is 0 Å². The van der Waals surface area contributed by atoms with Crippen LogP contribution in [0.4, 0.5) is 0 Å². The Hall–Kier alpha value is -0.900. The molecule has 1 heterocycles. The highest BCUT2D eigenvalue weighted by Crippen LogP contribution is 2.25. The molecule has 0 bridgehead atoms. The molecule has 0 aromatic heterocycles. The van der Waals surface area contributed by atoms with Crippen LogP contribution >= 0.6 is 0 Å². The maximum Gasteiger partial charge on any atom is 0.0626 e. The summed E-state index contributed by atoms with van der Waals surface area (Å²) in [7, 11) is 0. The second kappa shape index (κ2) is 6.88. The molecule has 1 fully saturated rings. The first-order chi connectivity index (χ1) is 8.58. The highest BCUT2D eigenvalue weighted by atomic mass is 15.6. The van der Waals surface area contributed by atoms with E-state index >= 15 is 0 Å². The molecule has 0 amide bonds. The van der Waals surface area contributed by atoms with E-state index < -0.39 is 0 Å². The topological polar surface area (TPSA) is 9.72 Å². The van der Waals surface area contributed by atoms with Gasteiger partial charge in [0.1, 0.15) is 0 Å². The van der Waals surface area contributed by atoms with E-state index in [1.54, 1.807) is 0 Å². The van der Waals surface area contributed by atoms with Gasteiger partial charge in [0.2, 0.25) is 0 Å². The Labute approximate surface area is 112 Å². The van der Waals surface area contributed by atoms with E-state index in [9.17, 15) is 0 Å². The first-order valence-corrected chi connectivity index (χ1v) is 6.68. The third-order valence-electron chi connectivity index (χ3n) is 3.90. The molecule has 0 unspecified atom stereocenters. The van der Waals surface area contributed by atoms with E-state index in [-0.39, 0.29) is 0 Å². The van der Waals surface area contributed by atoms with E-state index in [4.69, 9.17) is 0 Å². The molecule has 0 aliphatic carbocycles. The highest BCUT2D eigenvalue weighted by molar-refractivity contribution is 4.93. The Morgan fingerprint density at radius 1 is 0.667 bits per heavy atom. The standard InChI is InChI=1S/C15H27N3/c1-7-10-16-13(4)17(11-8-2)15(6)18(12-9-3)14(16)5/h7-9,13-15H,1-3,10-12H2,4-6H3. The van der Waals surface area contributed by atoms with Crippen molar-refractivity contribution in [2.24, 2.45) is 0 Å². The summed E-state index contributed by atoms with van der Waals surface area (Å²) in [4.78, 5) is 7.33. The van der Waals surface area contributed by atoms with Crippen molar-refractivity contribution in [1.82, 2.24) is 14.7 Å². The van der Waals surface area contributed by atoms with Gasteiger partial charge in [-0.05, 0) is 20.8 Å². The Morgan fingerprint density at radius 2 is 0.889 bits per heavy atom. The molecule has 0 atom stereocenters. The Balaban J connectivity index is 2.96. The van der Waals surface area contributed by atoms with Crippen molar-refractivity contribution >= 4 is 0 Å². The lowest BCUT2D eigenvalue weighted by Gasteiger charge is -2.55. The predicted molar refractivity (Wildman–Crippen MR) is 79.1 cm³/mol. The van der Waals surface area contributed by atoms with Crippen LogP contribution in [0.15, 0.2) is 38.0 Å². The molecule has 18 heavy (non-hydrogen) atoms. The number of nitrogens with zero attached hydrogens (tertiary/aromatic N) is 3. The van der Waals surface area contributed by atoms with Gasteiger partial charge < -0.3 is 0 Å². The summed E-state index contributed by atoms with van der Waals surface area (Å²) in [5.74, 6) is 0. The molecule has 3 nitrogen and oxygen atoms in total. The number of rotatable bonds is 6. The van der Waals surface area contributed by atoms with Gasteiger partial charge in [-0.3, -0.25) is 14.7 Å². The second-order valence-corrected chi connectivity index (χ2v) is 4.85. The third kappa shape index (κ3) is 2.91. The van der Waals surface area contributed by atoms with Crippen molar-refractivity contribution in [3.05, 3.63) is 38.0 Å². The zero-order valence-electron chi connectivity index (χ0n) is 12.0. The van der Waals surface area contributed by atoms with E-state index in [1.165, 1.54) is 0 Å². The van der Waals surface area contributed by atoms with Gasteiger partial charge in [0.05, 0.1) is 18.5 Å². The fourth-order valence-corrected chi connectivity index (χ4v) is 2.87. The average molecular weight is 249 g/mol. The molecule has 0 saturated carbocycles. The monoisotopic (exact) mass is 249 g/mol. The molecule has 0 aromatic carbocycles. The van der Waals surface area contributed by atoms with Crippen molar-refractivity contribution in [2.75, 3.05) is 19.6 Å². The molecular formula is C15H27N3. The first-order valence-electron chi connectivity index (χ1n) is 6.68. The minimum absolute atomic E-state index is 0.395. The fourth-order valence-electron chi connectivity index (χ4n) is 2.87. The van der Waals surface area contributed by atoms with Crippen LogP contribution in [0.1, 0.15) is 20.8 Å². The van der Waals surface area contributed by atoms with Crippen molar-refractivity contribution < 1.29 is 0 Å². The van der Waals surface area contributed by atoms with Crippen LogP contribution in [-0.2, 0) is 0 Å². The minimum Gasteiger partial charge on any atom is -0.269 e. The Kier molecular flexibility index (Phi) is 5.79. The smallest absolute Gasteiger partial charge is 0.0626 e. The summed E-state index contributed by atoms with van der Waals surface area (Å²) in [6.45, 7) is 21.1. The van der Waals surface area contributed by atoms with Crippen molar-refractivity contribution in [3.8, 4) is 0 Å². The lowest BCUT2D eigenvalue weighted by molar-refractivity contribution is -0.143. The third-order valence-corrected chi connectivity index (χ3v) is 3.90. The SMILES string of the molecule is C=CCN1C(C)N(CC=C)C(C)N(CC=C)C1C. The molecular weight excluding hydrogens is 222 g/mol. The second-order valence-electron chi connectivity index (χ2n) is 4.85. The number of hydrogen-bond donors (Lipinski definition) is 0. The summed E-state index contributed by atoms with van der Waals surface area (Å²) in [6.07, 6.45) is 7.11. The van der Waals surface area contributed by atoms with Gasteiger partial charge >= 0.3 is 0 Å². The van der Waals surface area contributed by atoms with E-state index in [0.29, 0.717) is 18.5 Å². The van der Waals surface area contributed by atoms with Gasteiger partial charge in [0.15, 0.2) is 0 Å². The predicted octanol–water partition coefficient (Wildman–Crippen LogP) is 2.50. The van der Waals surface area contributed by atoms with E-state index in [2.05, 4.69) is 55.2 Å². The lowest BCUT2D eigenvalue weighted by atomic mass is 10.2. The van der Waals surface area contributed by atoms with Crippen molar-refractivity contribution in [3.63, 3.8) is 0 Å². The Bertz CT molecular complexity index is 241. The molecule has 3 heteroatoms. The van der Waals surface area contributed by atoms with Crippen molar-refractivity contribution in [1.29, 1.82) is 0 Å². The van der Waals surface area contributed by atoms with Gasteiger partial charge in [-0.25, -0.2) is 0 Å². The first kappa shape index (κ1) is 15.2. The van der Waals surface area contributed by atoms with Gasteiger partial charge in [-0.1, -0.05) is 18.2 Å². The molecule has 0 N–H and O–H groups in total. The van der Waals surface area contributed by atoms with Crippen molar-refractivity contribution in [2.45, 2.75) is 39.3 Å². The quantitative estimate of drug-likeness (QED) is 0.670. The van der Waals surface area contributed by atoms with Crippen LogP contribution in [-0.4, -0.2) is 52.8 Å². The molecule has 1 aliphatic heterocycles. The largest absolute Gasteiger partial charge is 0.269 e. The molecule has 0 radical (unpaired) electrons. The molecule has 0 aromatic rings. The van der Waals surface area contributed by atoms with Gasteiger partial charge in [-0.15, -0.1) is 19.7 Å². The Morgan fingerprint density at radius 3 is 1.06 bits per heavy atom. The van der Waals surface area contributed by atoms with Gasteiger partial charge in [0.25, 0.3) is 0 Å². The molecule has 1 saturated heterocycles. The molecule has 1 aliphatic rings. The summed E-state index contributed by atoms with van der Waals surface area (Å²) in [5.41, 5.74) is 0. The van der Waals surface area contributed by atoms with Crippen LogP contribution < -0.4 is 0 Å². The maximum atomic E-state index is 3.87. The van der Waals surface area contributed by atoms with Crippen LogP contribution in [0.2, 0.25) is 0 Å². The average Bonchev–Trinajstić information content (AvgIpc) is 2.35. The fraction of sp³-hybridized carbons (Fsp3) is 0.600. The summed E-state index contributed by atoms with van der Waals surface area (Å²) in [6, 6.07) is 0. The number of hydrogen-bond acceptors (Lipinski definition) is 3. The van der Waals surface area contributed by atoms with E-state index in [0.717, 1.165) is 19.6 Å². The van der Waals surface area contributed by atoms with E-state index in [1.807, 2.05) is 18.2 Å². The highest BCUT2D eigenvalue weighted by Gasteiger charge is 2.38. The summed E-state index contributed by atoms with van der Waals surface area (Å²) in [5, 5.41) is 0. The molecule has 1 rings (SSSR count). The van der Waals surface area contributed by atoms with Crippen LogP contribution in [0.5, 0.6) is 0 Å². The lowest BCUT2D eigenvalue weighted by Crippen LogP contribution is -2.68. The summed E-state index contributed by atoms with van der Waals surface area (Å²) < 4.78 is 0. The molecule has 0 spiro atoms. The van der Waals surface area contributed by atoms with Crippen LogP contribution in [0.3, 0.4) is 0 Å². The minimum atomic E-state index is 0.395. The zero-order valence-corrected chi connectivity index (χ0v) is 12.0. The summed E-state index contributed by atoms with van der Waals surface area (Å²) >= 11 is 0. The maximum absolute atomic E-state index is 3.87. The molecule has 102 valence electrons. The zero-order chi connectivity index (χ0) is 13.7. The van der Waals surface area contributed by atoms with Gasteiger partial charge in [-0.2, -0.15) is 0 Å².